The van der Waals surface area contributed by atoms with E-state index in [-0.39, 0.29) is 28.5 Å². The second-order valence-electron chi connectivity index (χ2n) is 5.20. The smallest absolute Gasteiger partial charge is 0.277 e. The lowest BCUT2D eigenvalue weighted by molar-refractivity contribution is -0.125. The highest BCUT2D eigenvalue weighted by Gasteiger charge is 2.33. The van der Waals surface area contributed by atoms with Gasteiger partial charge in [0.05, 0.1) is 11.2 Å². The van der Waals surface area contributed by atoms with E-state index in [1.165, 1.54) is 11.1 Å². The summed E-state index contributed by atoms with van der Waals surface area (Å²) in [6.45, 7) is 6.22. The number of hydrogen-bond donors (Lipinski definition) is 0. The third-order valence-electron chi connectivity index (χ3n) is 3.05. The largest absolute Gasteiger partial charge is 0.280 e. The zero-order valence-corrected chi connectivity index (χ0v) is 11.9. The van der Waals surface area contributed by atoms with Gasteiger partial charge in [-0.3, -0.25) is 14.5 Å². The third kappa shape index (κ3) is 2.76. The molecule has 1 aromatic heterocycles. The van der Waals surface area contributed by atoms with Gasteiger partial charge in [-0.05, 0) is 5.92 Å². The van der Waals surface area contributed by atoms with Crippen LogP contribution in [0.5, 0.6) is 0 Å². The highest BCUT2D eigenvalue weighted by atomic mass is 35.5. The molecule has 0 saturated carbocycles. The molecule has 1 saturated heterocycles. The molecular weight excluding hydrogens is 266 g/mol. The molecule has 1 unspecified atom stereocenters. The molecule has 2 amide bonds. The molecule has 0 radical (unpaired) electrons. The van der Waals surface area contributed by atoms with Crippen molar-refractivity contribution in [1.82, 2.24) is 14.9 Å². The van der Waals surface area contributed by atoms with Gasteiger partial charge in [-0.15, -0.1) is 0 Å². The summed E-state index contributed by atoms with van der Waals surface area (Å²) in [5, 5.41) is 0.182. The van der Waals surface area contributed by atoms with Crippen molar-refractivity contribution in [3.63, 3.8) is 0 Å². The van der Waals surface area contributed by atoms with Crippen LogP contribution >= 0.6 is 11.6 Å². The van der Waals surface area contributed by atoms with Gasteiger partial charge in [0.25, 0.3) is 5.91 Å². The van der Waals surface area contributed by atoms with Crippen molar-refractivity contribution in [2.75, 3.05) is 6.54 Å². The van der Waals surface area contributed by atoms with Gasteiger partial charge in [-0.2, -0.15) is 0 Å². The van der Waals surface area contributed by atoms with Crippen LogP contribution in [0.1, 0.15) is 49.4 Å². The number of rotatable bonds is 2. The van der Waals surface area contributed by atoms with Gasteiger partial charge in [0.15, 0.2) is 5.69 Å². The second kappa shape index (κ2) is 5.25. The summed E-state index contributed by atoms with van der Waals surface area (Å²) in [7, 11) is 0. The minimum absolute atomic E-state index is 0.0945. The fraction of sp³-hybridized carbons (Fsp3) is 0.538. The summed E-state index contributed by atoms with van der Waals surface area (Å²) >= 11 is 5.97. The highest BCUT2D eigenvalue weighted by Crippen LogP contribution is 2.23. The van der Waals surface area contributed by atoms with Gasteiger partial charge in [0.1, 0.15) is 5.82 Å². The van der Waals surface area contributed by atoms with Gasteiger partial charge in [-0.1, -0.05) is 32.4 Å². The van der Waals surface area contributed by atoms with Crippen LogP contribution in [0, 0.1) is 5.92 Å². The fourth-order valence-electron chi connectivity index (χ4n) is 2.02. The summed E-state index contributed by atoms with van der Waals surface area (Å²) in [5.41, 5.74) is 0.114. The van der Waals surface area contributed by atoms with Crippen LogP contribution in [0.4, 0.5) is 0 Å². The molecule has 0 aliphatic carbocycles. The number of hydrogen-bond acceptors (Lipinski definition) is 4. The SMILES string of the molecule is CC1CC(=O)N(C(=O)c2nc(C(C)C)ncc2Cl)C1. The van der Waals surface area contributed by atoms with Crippen molar-refractivity contribution in [2.24, 2.45) is 5.92 Å². The predicted octanol–water partition coefficient (Wildman–Crippen LogP) is 2.26. The molecule has 2 rings (SSSR count). The molecule has 0 spiro atoms. The van der Waals surface area contributed by atoms with Crippen molar-refractivity contribution in [1.29, 1.82) is 0 Å². The van der Waals surface area contributed by atoms with Gasteiger partial charge in [0.2, 0.25) is 5.91 Å². The van der Waals surface area contributed by atoms with Crippen molar-refractivity contribution < 1.29 is 9.59 Å². The van der Waals surface area contributed by atoms with Crippen molar-refractivity contribution in [3.05, 3.63) is 22.7 Å². The van der Waals surface area contributed by atoms with Crippen LogP contribution in [-0.4, -0.2) is 33.2 Å². The molecule has 0 aromatic carbocycles. The Bertz CT molecular complexity index is 531. The van der Waals surface area contributed by atoms with Crippen LogP contribution in [0.2, 0.25) is 5.02 Å². The molecule has 1 aliphatic heterocycles. The van der Waals surface area contributed by atoms with E-state index >= 15 is 0 Å². The molecule has 1 aliphatic rings. The number of likely N-dealkylation sites (tertiary alicyclic amines) is 1. The van der Waals surface area contributed by atoms with Crippen LogP contribution in [-0.2, 0) is 4.79 Å². The lowest BCUT2D eigenvalue weighted by Crippen LogP contribution is -2.33. The van der Waals surface area contributed by atoms with E-state index in [0.717, 1.165) is 0 Å². The quantitative estimate of drug-likeness (QED) is 0.780. The maximum Gasteiger partial charge on any atom is 0.280 e. The van der Waals surface area contributed by atoms with Crippen LogP contribution in [0.15, 0.2) is 6.20 Å². The summed E-state index contributed by atoms with van der Waals surface area (Å²) in [4.78, 5) is 33.6. The Labute approximate surface area is 117 Å². The number of carbonyl (C=O) groups excluding carboxylic acids is 2. The Morgan fingerprint density at radius 1 is 1.53 bits per heavy atom. The van der Waals surface area contributed by atoms with Gasteiger partial charge >= 0.3 is 0 Å². The maximum absolute atomic E-state index is 12.3. The fourth-order valence-corrected chi connectivity index (χ4v) is 2.19. The molecule has 1 aromatic rings. The minimum atomic E-state index is -0.427. The van der Waals surface area contributed by atoms with E-state index in [0.29, 0.717) is 18.8 Å². The molecule has 2 heterocycles. The zero-order valence-electron chi connectivity index (χ0n) is 11.2. The first kappa shape index (κ1) is 13.9. The first-order valence-electron chi connectivity index (χ1n) is 6.27. The minimum Gasteiger partial charge on any atom is -0.277 e. The predicted molar refractivity (Wildman–Crippen MR) is 71.0 cm³/mol. The standard InChI is InChI=1S/C13H16ClN3O2/c1-7(2)12-15-5-9(14)11(16-12)13(19)17-6-8(3)4-10(17)18/h5,7-8H,4,6H2,1-3H3. The van der Waals surface area contributed by atoms with E-state index in [9.17, 15) is 9.59 Å². The summed E-state index contributed by atoms with van der Waals surface area (Å²) < 4.78 is 0. The third-order valence-corrected chi connectivity index (χ3v) is 3.32. The van der Waals surface area contributed by atoms with Gasteiger partial charge < -0.3 is 0 Å². The Morgan fingerprint density at radius 3 is 2.74 bits per heavy atom. The van der Waals surface area contributed by atoms with Crippen LogP contribution in [0.25, 0.3) is 0 Å². The molecule has 1 atom stereocenters. The maximum atomic E-state index is 12.3. The second-order valence-corrected chi connectivity index (χ2v) is 5.61. The average molecular weight is 282 g/mol. The number of imide groups is 1. The molecule has 1 fully saturated rings. The molecule has 0 N–H and O–H groups in total. The number of carbonyl (C=O) groups is 2. The van der Waals surface area contributed by atoms with E-state index in [1.54, 1.807) is 0 Å². The molecule has 6 heteroatoms. The first-order chi connectivity index (χ1) is 8.90. The number of aromatic nitrogens is 2. The Morgan fingerprint density at radius 2 is 2.21 bits per heavy atom. The topological polar surface area (TPSA) is 63.2 Å². The monoisotopic (exact) mass is 281 g/mol. The summed E-state index contributed by atoms with van der Waals surface area (Å²) in [5.74, 6) is 0.230. The van der Waals surface area contributed by atoms with Gasteiger partial charge in [-0.25, -0.2) is 9.97 Å². The average Bonchev–Trinajstić information content (AvgIpc) is 2.68. The van der Waals surface area contributed by atoms with E-state index in [4.69, 9.17) is 11.6 Å². The lowest BCUT2D eigenvalue weighted by atomic mass is 10.2. The highest BCUT2D eigenvalue weighted by molar-refractivity contribution is 6.33. The van der Waals surface area contributed by atoms with Crippen molar-refractivity contribution in [2.45, 2.75) is 33.1 Å². The molecule has 19 heavy (non-hydrogen) atoms. The Kier molecular flexibility index (Phi) is 3.85. The van der Waals surface area contributed by atoms with E-state index < -0.39 is 5.91 Å². The Hall–Kier alpha value is -1.49. The lowest BCUT2D eigenvalue weighted by Gasteiger charge is -2.15. The van der Waals surface area contributed by atoms with E-state index in [1.807, 2.05) is 20.8 Å². The Balaban J connectivity index is 2.33. The first-order valence-corrected chi connectivity index (χ1v) is 6.65. The summed E-state index contributed by atoms with van der Waals surface area (Å²) in [6, 6.07) is 0. The normalized spacial score (nSPS) is 19.3. The number of amides is 2. The molecule has 0 bridgehead atoms. The van der Waals surface area contributed by atoms with Crippen LogP contribution in [0.3, 0.4) is 0 Å². The number of halogens is 1. The van der Waals surface area contributed by atoms with Crippen molar-refractivity contribution in [3.8, 4) is 0 Å². The number of nitrogens with zero attached hydrogens (tertiary/aromatic N) is 3. The molecule has 102 valence electrons. The van der Waals surface area contributed by atoms with Gasteiger partial charge in [0, 0.05) is 18.9 Å². The zero-order chi connectivity index (χ0) is 14.2. The summed E-state index contributed by atoms with van der Waals surface area (Å²) in [6.07, 6.45) is 1.81. The van der Waals surface area contributed by atoms with E-state index in [2.05, 4.69) is 9.97 Å². The van der Waals surface area contributed by atoms with Crippen LogP contribution < -0.4 is 0 Å². The molecular formula is C13H16ClN3O2. The van der Waals surface area contributed by atoms with Crippen molar-refractivity contribution >= 4 is 23.4 Å². The molecule has 5 nitrogen and oxygen atoms in total.